The van der Waals surface area contributed by atoms with E-state index < -0.39 is 12.7 Å². The van der Waals surface area contributed by atoms with Gasteiger partial charge in [-0.2, -0.15) is 28.1 Å². The van der Waals surface area contributed by atoms with Crippen LogP contribution in [0.3, 0.4) is 0 Å². The predicted octanol–water partition coefficient (Wildman–Crippen LogP) is 1.76. The molecule has 0 fully saturated rings. The fourth-order valence-corrected chi connectivity index (χ4v) is 1.54. The third kappa shape index (κ3) is 4.71. The fraction of sp³-hybridized carbons (Fsp3) is 0.727. The van der Waals surface area contributed by atoms with Gasteiger partial charge in [0.1, 0.15) is 6.54 Å². The SMILES string of the molecule is CCCN(CC(F)(F)F)c1nc(NC)nc(N(C)C)n1. The Kier molecular flexibility index (Phi) is 5.34. The van der Waals surface area contributed by atoms with Gasteiger partial charge in [-0.1, -0.05) is 6.92 Å². The molecule has 9 heteroatoms. The van der Waals surface area contributed by atoms with E-state index in [2.05, 4.69) is 20.3 Å². The van der Waals surface area contributed by atoms with Gasteiger partial charge in [-0.25, -0.2) is 0 Å². The zero-order chi connectivity index (χ0) is 15.3. The van der Waals surface area contributed by atoms with E-state index in [1.807, 2.05) is 0 Å². The molecule has 0 radical (unpaired) electrons. The Hall–Kier alpha value is -1.80. The van der Waals surface area contributed by atoms with Crippen LogP contribution in [-0.2, 0) is 0 Å². The van der Waals surface area contributed by atoms with Gasteiger partial charge >= 0.3 is 6.18 Å². The molecule has 0 atom stereocenters. The molecule has 1 rings (SSSR count). The minimum Gasteiger partial charge on any atom is -0.357 e. The average molecular weight is 292 g/mol. The second-order valence-electron chi connectivity index (χ2n) is 4.44. The van der Waals surface area contributed by atoms with E-state index in [1.165, 1.54) is 0 Å². The van der Waals surface area contributed by atoms with E-state index in [9.17, 15) is 13.2 Å². The van der Waals surface area contributed by atoms with E-state index in [-0.39, 0.29) is 18.4 Å². The summed E-state index contributed by atoms with van der Waals surface area (Å²) in [7, 11) is 5.03. The molecule has 1 aromatic heterocycles. The zero-order valence-corrected chi connectivity index (χ0v) is 12.0. The molecule has 0 aliphatic rings. The summed E-state index contributed by atoms with van der Waals surface area (Å²) in [6, 6.07) is 0. The first-order valence-electron chi connectivity index (χ1n) is 6.19. The lowest BCUT2D eigenvalue weighted by Crippen LogP contribution is -2.36. The summed E-state index contributed by atoms with van der Waals surface area (Å²) in [5.74, 6) is 0.567. The summed E-state index contributed by atoms with van der Waals surface area (Å²) in [4.78, 5) is 14.9. The van der Waals surface area contributed by atoms with Crippen LogP contribution in [0.25, 0.3) is 0 Å². The molecule has 0 aliphatic carbocycles. The van der Waals surface area contributed by atoms with Crippen molar-refractivity contribution in [2.45, 2.75) is 19.5 Å². The molecule has 0 bridgehead atoms. The number of halogens is 3. The van der Waals surface area contributed by atoms with Gasteiger partial charge in [0.05, 0.1) is 0 Å². The van der Waals surface area contributed by atoms with E-state index in [4.69, 9.17) is 0 Å². The summed E-state index contributed by atoms with van der Waals surface area (Å²) >= 11 is 0. The third-order valence-corrected chi connectivity index (χ3v) is 2.38. The third-order valence-electron chi connectivity index (χ3n) is 2.38. The monoisotopic (exact) mass is 292 g/mol. The van der Waals surface area contributed by atoms with Gasteiger partial charge < -0.3 is 15.1 Å². The molecule has 0 saturated carbocycles. The van der Waals surface area contributed by atoms with Gasteiger partial charge in [0, 0.05) is 27.7 Å². The maximum Gasteiger partial charge on any atom is 0.406 e. The Balaban J connectivity index is 3.14. The van der Waals surface area contributed by atoms with Crippen molar-refractivity contribution >= 4 is 17.8 Å². The van der Waals surface area contributed by atoms with Crippen LogP contribution in [0.4, 0.5) is 31.0 Å². The highest BCUT2D eigenvalue weighted by atomic mass is 19.4. The molecule has 0 spiro atoms. The van der Waals surface area contributed by atoms with Crippen LogP contribution in [-0.4, -0.2) is 55.4 Å². The zero-order valence-electron chi connectivity index (χ0n) is 12.0. The maximum absolute atomic E-state index is 12.6. The van der Waals surface area contributed by atoms with Gasteiger partial charge in [-0.05, 0) is 6.42 Å². The van der Waals surface area contributed by atoms with Gasteiger partial charge in [0.15, 0.2) is 0 Å². The van der Waals surface area contributed by atoms with Crippen molar-refractivity contribution in [1.29, 1.82) is 0 Å². The van der Waals surface area contributed by atoms with Gasteiger partial charge in [-0.3, -0.25) is 0 Å². The van der Waals surface area contributed by atoms with Crippen LogP contribution >= 0.6 is 0 Å². The highest BCUT2D eigenvalue weighted by molar-refractivity contribution is 5.44. The second-order valence-corrected chi connectivity index (χ2v) is 4.44. The number of hydrogen-bond donors (Lipinski definition) is 1. The molecule has 0 unspecified atom stereocenters. The molecule has 1 N–H and O–H groups in total. The van der Waals surface area contributed by atoms with Crippen molar-refractivity contribution in [3.05, 3.63) is 0 Å². The average Bonchev–Trinajstić information content (AvgIpc) is 2.36. The smallest absolute Gasteiger partial charge is 0.357 e. The van der Waals surface area contributed by atoms with Gasteiger partial charge in [0.2, 0.25) is 17.8 Å². The summed E-state index contributed by atoms with van der Waals surface area (Å²) in [5, 5.41) is 2.73. The first-order chi connectivity index (χ1) is 9.26. The number of nitrogens with zero attached hydrogens (tertiary/aromatic N) is 5. The summed E-state index contributed by atoms with van der Waals surface area (Å²) in [5.41, 5.74) is 0. The van der Waals surface area contributed by atoms with Crippen LogP contribution in [0, 0.1) is 0 Å². The summed E-state index contributed by atoms with van der Waals surface area (Å²) < 4.78 is 37.9. The van der Waals surface area contributed by atoms with Crippen LogP contribution in [0.2, 0.25) is 0 Å². The lowest BCUT2D eigenvalue weighted by atomic mass is 10.4. The first kappa shape index (κ1) is 16.3. The number of alkyl halides is 3. The number of aromatic nitrogens is 3. The number of nitrogens with one attached hydrogen (secondary N) is 1. The van der Waals surface area contributed by atoms with E-state index in [0.29, 0.717) is 12.4 Å². The van der Waals surface area contributed by atoms with Crippen molar-refractivity contribution < 1.29 is 13.2 Å². The molecule has 0 aliphatic heterocycles. The van der Waals surface area contributed by atoms with Crippen LogP contribution in [0.5, 0.6) is 0 Å². The van der Waals surface area contributed by atoms with Crippen LogP contribution in [0.1, 0.15) is 13.3 Å². The fourth-order valence-electron chi connectivity index (χ4n) is 1.54. The Morgan fingerprint density at radius 1 is 1.10 bits per heavy atom. The first-order valence-corrected chi connectivity index (χ1v) is 6.19. The predicted molar refractivity (Wildman–Crippen MR) is 72.3 cm³/mol. The molecule has 114 valence electrons. The van der Waals surface area contributed by atoms with E-state index in [1.54, 1.807) is 33.0 Å². The topological polar surface area (TPSA) is 57.2 Å². The Morgan fingerprint density at radius 2 is 1.70 bits per heavy atom. The van der Waals surface area contributed by atoms with Crippen molar-refractivity contribution in [2.24, 2.45) is 0 Å². The molecular weight excluding hydrogens is 273 g/mol. The Labute approximate surface area is 116 Å². The van der Waals surface area contributed by atoms with Gasteiger partial charge in [-0.15, -0.1) is 0 Å². The minimum atomic E-state index is -4.31. The van der Waals surface area contributed by atoms with Gasteiger partial charge in [0.25, 0.3) is 0 Å². The molecule has 0 aromatic carbocycles. The lowest BCUT2D eigenvalue weighted by Gasteiger charge is -2.24. The molecular formula is C11H19F3N6. The highest BCUT2D eigenvalue weighted by Gasteiger charge is 2.32. The van der Waals surface area contributed by atoms with Crippen molar-refractivity contribution in [2.75, 3.05) is 49.3 Å². The lowest BCUT2D eigenvalue weighted by molar-refractivity contribution is -0.119. The Morgan fingerprint density at radius 3 is 2.15 bits per heavy atom. The molecule has 20 heavy (non-hydrogen) atoms. The molecule has 6 nitrogen and oxygen atoms in total. The number of anilines is 3. The summed E-state index contributed by atoms with van der Waals surface area (Å²) in [6.45, 7) is 0.941. The molecule has 1 heterocycles. The highest BCUT2D eigenvalue weighted by Crippen LogP contribution is 2.21. The maximum atomic E-state index is 12.6. The van der Waals surface area contributed by atoms with E-state index in [0.717, 1.165) is 4.90 Å². The largest absolute Gasteiger partial charge is 0.406 e. The number of hydrogen-bond acceptors (Lipinski definition) is 6. The minimum absolute atomic E-state index is 0.0206. The quantitative estimate of drug-likeness (QED) is 0.862. The van der Waals surface area contributed by atoms with E-state index >= 15 is 0 Å². The molecule has 0 saturated heterocycles. The Bertz CT molecular complexity index is 435. The standard InChI is InChI=1S/C11H19F3N6/c1-5-6-20(7-11(12,13)14)10-17-8(15-2)16-9(18-10)19(3)4/h5-7H2,1-4H3,(H,15,16,17,18). The van der Waals surface area contributed by atoms with Crippen LogP contribution in [0.15, 0.2) is 0 Å². The molecule has 1 aromatic rings. The van der Waals surface area contributed by atoms with Crippen molar-refractivity contribution in [1.82, 2.24) is 15.0 Å². The second kappa shape index (κ2) is 6.58. The number of rotatable bonds is 6. The van der Waals surface area contributed by atoms with Crippen LogP contribution < -0.4 is 15.1 Å². The molecule has 0 amide bonds. The van der Waals surface area contributed by atoms with Crippen molar-refractivity contribution in [3.63, 3.8) is 0 Å². The summed E-state index contributed by atoms with van der Waals surface area (Å²) in [6.07, 6.45) is -3.74. The normalized spacial score (nSPS) is 11.3. The van der Waals surface area contributed by atoms with Crippen molar-refractivity contribution in [3.8, 4) is 0 Å².